The lowest BCUT2D eigenvalue weighted by Gasteiger charge is -2.62. The summed E-state index contributed by atoms with van der Waals surface area (Å²) in [5, 5.41) is 33.1. The van der Waals surface area contributed by atoms with Crippen LogP contribution in [0.25, 0.3) is 0 Å². The van der Waals surface area contributed by atoms with E-state index in [4.69, 9.17) is 10.2 Å². The first-order chi connectivity index (χ1) is 21.5. The molecule has 8 saturated carbocycles. The van der Waals surface area contributed by atoms with Crippen LogP contribution in [0.5, 0.6) is 0 Å². The van der Waals surface area contributed by atoms with Crippen LogP contribution >= 0.6 is 0 Å². The van der Waals surface area contributed by atoms with Crippen LogP contribution in [0.1, 0.15) is 158 Å². The monoisotopic (exact) mass is 633 g/mol. The molecule has 8 aliphatic carbocycles. The highest BCUT2D eigenvalue weighted by Crippen LogP contribution is 2.70. The third-order valence-corrected chi connectivity index (χ3v) is 19.1. The third-order valence-electron chi connectivity index (χ3n) is 19.1. The Kier molecular flexibility index (Phi) is 7.34. The van der Waals surface area contributed by atoms with Gasteiger partial charge in [0.15, 0.2) is 0 Å². The minimum absolute atomic E-state index is 0.112. The minimum Gasteiger partial charge on any atom is -0.390 e. The molecule has 0 aromatic rings. The molecule has 8 aliphatic rings. The molecular weight excluding hydrogens is 564 g/mol. The molecule has 46 heavy (non-hydrogen) atoms. The molecule has 0 saturated heterocycles. The highest BCUT2D eigenvalue weighted by molar-refractivity contribution is 5.91. The Morgan fingerprint density at radius 3 is 1.26 bits per heavy atom. The summed E-state index contributed by atoms with van der Waals surface area (Å²) in [7, 11) is 0. The summed E-state index contributed by atoms with van der Waals surface area (Å²) >= 11 is 0. The Bertz CT molecular complexity index is 1200. The molecule has 0 aliphatic heterocycles. The van der Waals surface area contributed by atoms with Gasteiger partial charge in [-0.3, -0.25) is 0 Å². The van der Waals surface area contributed by atoms with E-state index in [2.05, 4.69) is 55.4 Å². The van der Waals surface area contributed by atoms with E-state index in [1.165, 1.54) is 88.5 Å². The maximum Gasteiger partial charge on any atom is 0.0675 e. The average Bonchev–Trinajstić information content (AvgIpc) is 3.38. The molecule has 0 bridgehead atoms. The van der Waals surface area contributed by atoms with Crippen molar-refractivity contribution in [3.8, 4) is 0 Å². The van der Waals surface area contributed by atoms with Gasteiger partial charge in [0.1, 0.15) is 0 Å². The lowest BCUT2D eigenvalue weighted by atomic mass is 9.43. The van der Waals surface area contributed by atoms with Crippen molar-refractivity contribution in [1.29, 1.82) is 0 Å². The van der Waals surface area contributed by atoms with E-state index in [0.717, 1.165) is 61.2 Å². The fraction of sp³-hybridized carbons (Fsp3) is 0.952. The maximum absolute atomic E-state index is 11.3. The van der Waals surface area contributed by atoms with Crippen molar-refractivity contribution in [2.24, 2.45) is 91.0 Å². The van der Waals surface area contributed by atoms with Gasteiger partial charge >= 0.3 is 0 Å². The van der Waals surface area contributed by atoms with Gasteiger partial charge in [0, 0.05) is 11.4 Å². The first-order valence-electron chi connectivity index (χ1n) is 20.1. The lowest BCUT2D eigenvalue weighted by Crippen LogP contribution is -2.57. The molecule has 16 atom stereocenters. The lowest BCUT2D eigenvalue weighted by molar-refractivity contribution is -0.142. The van der Waals surface area contributed by atoms with Gasteiger partial charge in [0.25, 0.3) is 0 Å². The van der Waals surface area contributed by atoms with Crippen LogP contribution in [-0.4, -0.2) is 32.8 Å². The van der Waals surface area contributed by atoms with Gasteiger partial charge in [-0.25, -0.2) is 0 Å². The molecule has 0 radical (unpaired) electrons. The summed E-state index contributed by atoms with van der Waals surface area (Å²) in [6, 6.07) is 0. The standard InChI is InChI=1S/C42H68N2O2/c1-25-23-37(3)27(9-11-29-31(37)13-17-39(5)33(29)15-19-41(39,7)45)21-35(25)43-44-36-22-28-10-12-30-32(38(28,4)24-26(36)2)14-18-40(6)34(30)16-20-42(40,8)46/h25-34,45-46H,9-24H2,1-8H3. The fourth-order valence-electron chi connectivity index (χ4n) is 15.7. The van der Waals surface area contributed by atoms with Crippen LogP contribution in [0.2, 0.25) is 0 Å². The normalized spacial score (nSPS) is 61.3. The Morgan fingerprint density at radius 1 is 0.500 bits per heavy atom. The first-order valence-corrected chi connectivity index (χ1v) is 20.1. The predicted molar refractivity (Wildman–Crippen MR) is 189 cm³/mol. The van der Waals surface area contributed by atoms with Crippen LogP contribution in [0.3, 0.4) is 0 Å². The van der Waals surface area contributed by atoms with Gasteiger partial charge in [-0.15, -0.1) is 0 Å². The molecule has 0 aromatic carbocycles. The zero-order valence-corrected chi connectivity index (χ0v) is 30.9. The number of rotatable bonds is 1. The van der Waals surface area contributed by atoms with Crippen molar-refractivity contribution >= 4 is 11.4 Å². The minimum atomic E-state index is -0.484. The summed E-state index contributed by atoms with van der Waals surface area (Å²) in [5.41, 5.74) is 2.86. The third kappa shape index (κ3) is 4.29. The van der Waals surface area contributed by atoms with Crippen molar-refractivity contribution in [3.63, 3.8) is 0 Å². The Balaban J connectivity index is 0.969. The predicted octanol–water partition coefficient (Wildman–Crippen LogP) is 9.86. The Morgan fingerprint density at radius 2 is 0.870 bits per heavy atom. The van der Waals surface area contributed by atoms with Crippen LogP contribution in [0.15, 0.2) is 10.2 Å². The molecule has 0 heterocycles. The van der Waals surface area contributed by atoms with E-state index in [-0.39, 0.29) is 10.8 Å². The summed E-state index contributed by atoms with van der Waals surface area (Å²) in [4.78, 5) is 0. The Hall–Kier alpha value is -0.740. The summed E-state index contributed by atoms with van der Waals surface area (Å²) < 4.78 is 0. The van der Waals surface area contributed by atoms with E-state index in [1.807, 2.05) is 0 Å². The average molecular weight is 633 g/mol. The van der Waals surface area contributed by atoms with Crippen molar-refractivity contribution in [2.75, 3.05) is 0 Å². The Labute approximate surface area is 281 Å². The van der Waals surface area contributed by atoms with E-state index in [9.17, 15) is 10.2 Å². The second kappa shape index (κ2) is 10.4. The second-order valence-corrected chi connectivity index (χ2v) is 20.7. The number of nitrogens with zero attached hydrogens (tertiary/aromatic N) is 2. The molecule has 0 amide bonds. The number of hydrogen-bond donors (Lipinski definition) is 2. The maximum atomic E-state index is 11.3. The van der Waals surface area contributed by atoms with E-state index in [1.54, 1.807) is 0 Å². The van der Waals surface area contributed by atoms with Crippen LogP contribution < -0.4 is 0 Å². The van der Waals surface area contributed by atoms with Gasteiger partial charge in [0.05, 0.1) is 11.2 Å². The number of fused-ring (bicyclic) bond motifs is 10. The molecule has 16 unspecified atom stereocenters. The van der Waals surface area contributed by atoms with Gasteiger partial charge in [-0.05, 0) is 197 Å². The van der Waals surface area contributed by atoms with E-state index >= 15 is 0 Å². The molecular formula is C42H68N2O2. The highest BCUT2D eigenvalue weighted by Gasteiger charge is 2.65. The molecule has 258 valence electrons. The largest absolute Gasteiger partial charge is 0.390 e. The van der Waals surface area contributed by atoms with Crippen molar-refractivity contribution in [1.82, 2.24) is 0 Å². The van der Waals surface area contributed by atoms with Gasteiger partial charge in [0.2, 0.25) is 0 Å². The van der Waals surface area contributed by atoms with Crippen LogP contribution in [0, 0.1) is 80.8 Å². The number of hydrogen-bond acceptors (Lipinski definition) is 4. The molecule has 4 nitrogen and oxygen atoms in total. The van der Waals surface area contributed by atoms with E-state index in [0.29, 0.717) is 34.5 Å². The number of aliphatic hydroxyl groups is 2. The van der Waals surface area contributed by atoms with Crippen molar-refractivity contribution < 1.29 is 10.2 Å². The fourth-order valence-corrected chi connectivity index (χ4v) is 15.7. The molecule has 8 rings (SSSR count). The SMILES string of the molecule is CC1CC2(C)C(CCC3C2CCC2(C)C3CCC2(C)O)CC1=NN=C1CC2CCC3C(CCC4(C)C3CCC4(C)O)C2(C)CC1C. The van der Waals surface area contributed by atoms with Gasteiger partial charge in [-0.1, -0.05) is 41.5 Å². The molecule has 2 N–H and O–H groups in total. The topological polar surface area (TPSA) is 65.2 Å². The summed E-state index contributed by atoms with van der Waals surface area (Å²) in [6.07, 6.45) is 19.7. The van der Waals surface area contributed by atoms with Gasteiger partial charge < -0.3 is 10.2 Å². The molecule has 0 aromatic heterocycles. The van der Waals surface area contributed by atoms with Crippen molar-refractivity contribution in [3.05, 3.63) is 0 Å². The zero-order chi connectivity index (χ0) is 32.7. The molecule has 4 heteroatoms. The zero-order valence-electron chi connectivity index (χ0n) is 30.9. The smallest absolute Gasteiger partial charge is 0.0675 e. The second-order valence-electron chi connectivity index (χ2n) is 20.7. The first kappa shape index (κ1) is 32.5. The van der Waals surface area contributed by atoms with Crippen molar-refractivity contribution in [2.45, 2.75) is 169 Å². The summed E-state index contributed by atoms with van der Waals surface area (Å²) in [5.74, 6) is 7.15. The molecule has 8 fully saturated rings. The van der Waals surface area contributed by atoms with Gasteiger partial charge in [-0.2, -0.15) is 10.2 Å². The van der Waals surface area contributed by atoms with Crippen LogP contribution in [-0.2, 0) is 0 Å². The van der Waals surface area contributed by atoms with Crippen LogP contribution in [0.4, 0.5) is 0 Å². The quantitative estimate of drug-likeness (QED) is 0.283. The summed E-state index contributed by atoms with van der Waals surface area (Å²) in [6.45, 7) is 19.4. The van der Waals surface area contributed by atoms with E-state index < -0.39 is 11.2 Å². The highest BCUT2D eigenvalue weighted by atomic mass is 16.3. The molecule has 0 spiro atoms.